The Morgan fingerprint density at radius 1 is 1.29 bits per heavy atom. The van der Waals surface area contributed by atoms with Crippen LogP contribution in [0.4, 0.5) is 0 Å². The number of hydrogen-bond donors (Lipinski definition) is 2. The average Bonchev–Trinajstić information content (AvgIpc) is 2.48. The highest BCUT2D eigenvalue weighted by Gasteiger charge is 2.39. The zero-order valence-corrected chi connectivity index (χ0v) is 11.4. The molecule has 4 nitrogen and oxygen atoms in total. The maximum atomic E-state index is 11.5. The van der Waals surface area contributed by atoms with Crippen LogP contribution in [0.5, 0.6) is 0 Å². The molecule has 1 aliphatic carbocycles. The monoisotopic (exact) mass is 306 g/mol. The number of carboxylic acid groups (broad SMARTS) is 1. The first-order valence-corrected chi connectivity index (χ1v) is 7.00. The molecule has 0 amide bonds. The summed E-state index contributed by atoms with van der Waals surface area (Å²) in [6, 6.07) is 0. The zero-order chi connectivity index (χ0) is 12.8. The van der Waals surface area contributed by atoms with Crippen molar-refractivity contribution < 1.29 is 19.8 Å². The van der Waals surface area contributed by atoms with Crippen LogP contribution in [0.25, 0.3) is 0 Å². The number of rotatable bonds is 7. The minimum absolute atomic E-state index is 0.0653. The molecule has 17 heavy (non-hydrogen) atoms. The molecule has 3 unspecified atom stereocenters. The third-order valence-corrected chi connectivity index (χ3v) is 4.48. The number of halogens is 1. The smallest absolute Gasteiger partial charge is 0.303 e. The number of aliphatic carboxylic acids is 1. The summed E-state index contributed by atoms with van der Waals surface area (Å²) < 4.78 is 0. The molecule has 98 valence electrons. The third-order valence-electron chi connectivity index (χ3n) is 3.23. The Labute approximate surface area is 110 Å². The van der Waals surface area contributed by atoms with Gasteiger partial charge < -0.3 is 10.2 Å². The second-order valence-electron chi connectivity index (χ2n) is 4.64. The number of unbranched alkanes of at least 4 members (excludes halogenated alkanes) is 3. The maximum absolute atomic E-state index is 11.5. The molecule has 1 fully saturated rings. The standard InChI is InChI=1S/C12H19BrO4/c13-12-8(9(14)7-10(12)15)5-3-1-2-4-6-11(16)17/h8,10,12,15H,1-7H2,(H,16,17). The molecule has 0 spiro atoms. The van der Waals surface area contributed by atoms with Crippen LogP contribution in [0, 0.1) is 5.92 Å². The molecule has 0 aromatic carbocycles. The van der Waals surface area contributed by atoms with Crippen molar-refractivity contribution in [3.05, 3.63) is 0 Å². The van der Waals surface area contributed by atoms with Gasteiger partial charge >= 0.3 is 5.97 Å². The van der Waals surface area contributed by atoms with E-state index in [1.807, 2.05) is 0 Å². The molecule has 0 aromatic heterocycles. The lowest BCUT2D eigenvalue weighted by Crippen LogP contribution is -2.20. The van der Waals surface area contributed by atoms with Crippen molar-refractivity contribution in [3.8, 4) is 0 Å². The van der Waals surface area contributed by atoms with Crippen LogP contribution >= 0.6 is 15.9 Å². The number of carbonyl (C=O) groups is 2. The Morgan fingerprint density at radius 3 is 2.47 bits per heavy atom. The zero-order valence-electron chi connectivity index (χ0n) is 9.77. The van der Waals surface area contributed by atoms with Crippen LogP contribution in [0.15, 0.2) is 0 Å². The van der Waals surface area contributed by atoms with Crippen molar-refractivity contribution in [2.45, 2.75) is 55.9 Å². The Morgan fingerprint density at radius 2 is 1.94 bits per heavy atom. The van der Waals surface area contributed by atoms with Gasteiger partial charge in [0, 0.05) is 18.8 Å². The first-order valence-electron chi connectivity index (χ1n) is 6.09. The average molecular weight is 307 g/mol. The molecule has 2 N–H and O–H groups in total. The summed E-state index contributed by atoms with van der Waals surface area (Å²) in [5.41, 5.74) is 0. The normalized spacial score (nSPS) is 28.6. The van der Waals surface area contributed by atoms with E-state index >= 15 is 0 Å². The second-order valence-corrected chi connectivity index (χ2v) is 5.69. The number of aliphatic hydroxyl groups excluding tert-OH is 1. The van der Waals surface area contributed by atoms with Crippen molar-refractivity contribution in [2.24, 2.45) is 5.92 Å². The summed E-state index contributed by atoms with van der Waals surface area (Å²) in [4.78, 5) is 21.7. The van der Waals surface area contributed by atoms with Crippen LogP contribution in [0.3, 0.4) is 0 Å². The minimum atomic E-state index is -0.750. The molecule has 0 heterocycles. The molecular weight excluding hydrogens is 288 g/mol. The second kappa shape index (κ2) is 7.11. The fourth-order valence-electron chi connectivity index (χ4n) is 2.23. The molecule has 0 aliphatic heterocycles. The van der Waals surface area contributed by atoms with Gasteiger partial charge in [0.2, 0.25) is 0 Å². The van der Waals surface area contributed by atoms with Crippen LogP contribution in [-0.4, -0.2) is 32.9 Å². The number of aliphatic hydroxyl groups is 1. The maximum Gasteiger partial charge on any atom is 0.303 e. The van der Waals surface area contributed by atoms with E-state index in [2.05, 4.69) is 15.9 Å². The van der Waals surface area contributed by atoms with E-state index in [4.69, 9.17) is 5.11 Å². The Bertz CT molecular complexity index is 280. The molecule has 0 radical (unpaired) electrons. The molecule has 3 atom stereocenters. The number of ketones is 1. The van der Waals surface area contributed by atoms with Crippen molar-refractivity contribution in [1.82, 2.24) is 0 Å². The SMILES string of the molecule is O=C(O)CCCCCCC1C(=O)CC(O)C1Br. The topological polar surface area (TPSA) is 74.6 Å². The number of carboxylic acids is 1. The lowest BCUT2D eigenvalue weighted by molar-refractivity contribution is -0.137. The quantitative estimate of drug-likeness (QED) is 0.558. The summed E-state index contributed by atoms with van der Waals surface area (Å²) in [5, 5.41) is 18.0. The molecule has 5 heteroatoms. The van der Waals surface area contributed by atoms with Crippen molar-refractivity contribution >= 4 is 27.7 Å². The van der Waals surface area contributed by atoms with Crippen molar-refractivity contribution in [2.75, 3.05) is 0 Å². The number of carbonyl (C=O) groups excluding carboxylic acids is 1. The van der Waals surface area contributed by atoms with E-state index < -0.39 is 12.1 Å². The van der Waals surface area contributed by atoms with E-state index in [1.165, 1.54) is 0 Å². The highest BCUT2D eigenvalue weighted by molar-refractivity contribution is 9.09. The Hall–Kier alpha value is -0.420. The lowest BCUT2D eigenvalue weighted by Gasteiger charge is -2.13. The fraction of sp³-hybridized carbons (Fsp3) is 0.833. The first-order chi connectivity index (χ1) is 8.02. The highest BCUT2D eigenvalue weighted by Crippen LogP contribution is 2.32. The number of alkyl halides is 1. The van der Waals surface area contributed by atoms with Gasteiger partial charge in [0.05, 0.1) is 10.9 Å². The van der Waals surface area contributed by atoms with Crippen LogP contribution in [0.2, 0.25) is 0 Å². The number of Topliss-reactive ketones (excluding diaryl/α,β-unsaturated/α-hetero) is 1. The van der Waals surface area contributed by atoms with Gasteiger partial charge in [0.25, 0.3) is 0 Å². The minimum Gasteiger partial charge on any atom is -0.481 e. The van der Waals surface area contributed by atoms with Crippen LogP contribution < -0.4 is 0 Å². The van der Waals surface area contributed by atoms with Gasteiger partial charge in [-0.05, 0) is 12.8 Å². The summed E-state index contributed by atoms with van der Waals surface area (Å²) in [6.07, 6.45) is 4.20. The third kappa shape index (κ3) is 4.76. The summed E-state index contributed by atoms with van der Waals surface area (Å²) in [5.74, 6) is -0.672. The van der Waals surface area contributed by atoms with Crippen LogP contribution in [0.1, 0.15) is 44.9 Å². The Balaban J connectivity index is 2.10. The van der Waals surface area contributed by atoms with Gasteiger partial charge in [-0.3, -0.25) is 9.59 Å². The highest BCUT2D eigenvalue weighted by atomic mass is 79.9. The number of hydrogen-bond acceptors (Lipinski definition) is 3. The molecule has 0 aromatic rings. The summed E-state index contributed by atoms with van der Waals surface area (Å²) in [7, 11) is 0. The van der Waals surface area contributed by atoms with Crippen molar-refractivity contribution in [3.63, 3.8) is 0 Å². The lowest BCUT2D eigenvalue weighted by atomic mass is 9.98. The van der Waals surface area contributed by atoms with E-state index in [0.29, 0.717) is 6.42 Å². The molecule has 1 rings (SSSR count). The largest absolute Gasteiger partial charge is 0.481 e. The molecule has 0 bridgehead atoms. The van der Waals surface area contributed by atoms with Gasteiger partial charge in [-0.2, -0.15) is 0 Å². The van der Waals surface area contributed by atoms with Crippen molar-refractivity contribution in [1.29, 1.82) is 0 Å². The first kappa shape index (κ1) is 14.6. The molecular formula is C12H19BrO4. The molecule has 1 saturated carbocycles. The van der Waals surface area contributed by atoms with E-state index in [9.17, 15) is 14.7 Å². The van der Waals surface area contributed by atoms with E-state index in [1.54, 1.807) is 0 Å². The van der Waals surface area contributed by atoms with E-state index in [0.717, 1.165) is 25.7 Å². The molecule has 0 saturated heterocycles. The van der Waals surface area contributed by atoms with E-state index in [-0.39, 0.29) is 29.4 Å². The summed E-state index contributed by atoms with van der Waals surface area (Å²) >= 11 is 3.36. The predicted octanol–water partition coefficient (Wildman–Crippen LogP) is 2.12. The van der Waals surface area contributed by atoms with Gasteiger partial charge in [-0.15, -0.1) is 0 Å². The summed E-state index contributed by atoms with van der Waals surface area (Å²) in [6.45, 7) is 0. The van der Waals surface area contributed by atoms with Gasteiger partial charge in [-0.1, -0.05) is 35.2 Å². The van der Waals surface area contributed by atoms with Gasteiger partial charge in [0.15, 0.2) is 0 Å². The van der Waals surface area contributed by atoms with Gasteiger partial charge in [-0.25, -0.2) is 0 Å². The van der Waals surface area contributed by atoms with Crippen LogP contribution in [-0.2, 0) is 9.59 Å². The van der Waals surface area contributed by atoms with Gasteiger partial charge in [0.1, 0.15) is 5.78 Å². The predicted molar refractivity (Wildman–Crippen MR) is 67.2 cm³/mol. The Kier molecular flexibility index (Phi) is 6.12. The molecule has 1 aliphatic rings. The fourth-order valence-corrected chi connectivity index (χ4v) is 2.98.